The van der Waals surface area contributed by atoms with Gasteiger partial charge < -0.3 is 20.0 Å². The van der Waals surface area contributed by atoms with Gasteiger partial charge in [-0.3, -0.25) is 0 Å². The van der Waals surface area contributed by atoms with E-state index in [0.29, 0.717) is 19.6 Å². The number of hydrogen-bond donors (Lipinski definition) is 1. The van der Waals surface area contributed by atoms with E-state index in [1.54, 1.807) is 0 Å². The van der Waals surface area contributed by atoms with Crippen molar-refractivity contribution in [1.29, 1.82) is 0 Å². The van der Waals surface area contributed by atoms with Crippen LogP contribution in [0.2, 0.25) is 0 Å². The Labute approximate surface area is 184 Å². The minimum absolute atomic E-state index is 0.0598. The molecule has 0 radical (unpaired) electrons. The lowest BCUT2D eigenvalue weighted by atomic mass is 10.0. The number of carbonyl (C=O) groups is 2. The predicted octanol–water partition coefficient (Wildman–Crippen LogP) is 4.55. The molecule has 0 bridgehead atoms. The Hall–Kier alpha value is -3.02. The number of anilines is 1. The molecule has 1 N–H and O–H groups in total. The van der Waals surface area contributed by atoms with E-state index in [1.807, 2.05) is 39.8 Å². The number of hydrogen-bond acceptors (Lipinski definition) is 2. The van der Waals surface area contributed by atoms with Crippen LogP contribution in [-0.4, -0.2) is 59.0 Å². The van der Waals surface area contributed by atoms with Gasteiger partial charge in [0.25, 0.3) is 0 Å². The second kappa shape index (κ2) is 9.00. The molecule has 0 saturated carbocycles. The van der Waals surface area contributed by atoms with Gasteiger partial charge >= 0.3 is 12.1 Å². The van der Waals surface area contributed by atoms with Crippen LogP contribution in [0.1, 0.15) is 35.1 Å². The molecular formula is C25H32N4O2. The van der Waals surface area contributed by atoms with Crippen molar-refractivity contribution in [2.75, 3.05) is 31.5 Å². The van der Waals surface area contributed by atoms with Crippen molar-refractivity contribution in [2.24, 2.45) is 0 Å². The highest BCUT2D eigenvalue weighted by Gasteiger charge is 2.36. The fourth-order valence-electron chi connectivity index (χ4n) is 4.40. The Kier molecular flexibility index (Phi) is 6.16. The van der Waals surface area contributed by atoms with Crippen molar-refractivity contribution < 1.29 is 9.59 Å². The molecule has 2 aromatic carbocycles. The first-order chi connectivity index (χ1) is 14.9. The van der Waals surface area contributed by atoms with Gasteiger partial charge in [-0.05, 0) is 62.4 Å². The standard InChI is InChI=1S/C25H32N4O2/c1-18-4-7-21(8-5-18)17-28-14-15-29(25(28)31)23-10-12-27(13-11-23)24(30)26-22-9-6-19(2)20(3)16-22/h4-9,16,23H,10-15,17H2,1-3H3,(H,26,30). The smallest absolute Gasteiger partial charge is 0.321 e. The van der Waals surface area contributed by atoms with E-state index in [0.717, 1.165) is 31.6 Å². The summed E-state index contributed by atoms with van der Waals surface area (Å²) in [4.78, 5) is 31.4. The molecule has 4 amide bonds. The van der Waals surface area contributed by atoms with Crippen LogP contribution in [0, 0.1) is 20.8 Å². The number of carbonyl (C=O) groups excluding carboxylic acids is 2. The zero-order valence-electron chi connectivity index (χ0n) is 18.7. The van der Waals surface area contributed by atoms with Crippen LogP contribution in [0.4, 0.5) is 15.3 Å². The molecule has 0 spiro atoms. The summed E-state index contributed by atoms with van der Waals surface area (Å²) < 4.78 is 0. The van der Waals surface area contributed by atoms with Gasteiger partial charge in [0, 0.05) is 44.5 Å². The van der Waals surface area contributed by atoms with Crippen LogP contribution in [0.25, 0.3) is 0 Å². The molecule has 0 unspecified atom stereocenters. The normalized spacial score (nSPS) is 17.4. The van der Waals surface area contributed by atoms with Gasteiger partial charge in [0.2, 0.25) is 0 Å². The summed E-state index contributed by atoms with van der Waals surface area (Å²) >= 11 is 0. The molecule has 0 aliphatic carbocycles. The number of likely N-dealkylation sites (tertiary alicyclic amines) is 1. The average molecular weight is 421 g/mol. The van der Waals surface area contributed by atoms with Crippen LogP contribution in [0.15, 0.2) is 42.5 Å². The fourth-order valence-corrected chi connectivity index (χ4v) is 4.40. The molecule has 2 aliphatic rings. The van der Waals surface area contributed by atoms with E-state index in [2.05, 4.69) is 43.4 Å². The number of benzene rings is 2. The molecule has 2 aliphatic heterocycles. The maximum atomic E-state index is 13.0. The summed E-state index contributed by atoms with van der Waals surface area (Å²) in [6, 6.07) is 14.6. The molecule has 0 atom stereocenters. The van der Waals surface area contributed by atoms with Gasteiger partial charge in [0.1, 0.15) is 0 Å². The molecular weight excluding hydrogens is 388 g/mol. The van der Waals surface area contributed by atoms with Crippen LogP contribution < -0.4 is 5.32 Å². The first-order valence-corrected chi connectivity index (χ1v) is 11.1. The molecule has 2 fully saturated rings. The predicted molar refractivity (Wildman–Crippen MR) is 123 cm³/mol. The van der Waals surface area contributed by atoms with E-state index in [9.17, 15) is 9.59 Å². The largest absolute Gasteiger partial charge is 0.324 e. The van der Waals surface area contributed by atoms with Crippen molar-refractivity contribution in [3.63, 3.8) is 0 Å². The van der Waals surface area contributed by atoms with Crippen molar-refractivity contribution in [1.82, 2.24) is 14.7 Å². The number of amides is 4. The molecule has 2 saturated heterocycles. The maximum Gasteiger partial charge on any atom is 0.321 e. The van der Waals surface area contributed by atoms with E-state index >= 15 is 0 Å². The highest BCUT2D eigenvalue weighted by molar-refractivity contribution is 5.89. The van der Waals surface area contributed by atoms with Gasteiger partial charge in [0.05, 0.1) is 0 Å². The maximum absolute atomic E-state index is 13.0. The fraction of sp³-hybridized carbons (Fsp3) is 0.440. The summed E-state index contributed by atoms with van der Waals surface area (Å²) in [6.45, 7) is 9.71. The monoisotopic (exact) mass is 420 g/mol. The lowest BCUT2D eigenvalue weighted by molar-refractivity contribution is 0.139. The molecule has 164 valence electrons. The average Bonchev–Trinajstić information content (AvgIpc) is 3.12. The highest BCUT2D eigenvalue weighted by atomic mass is 16.2. The zero-order chi connectivity index (χ0) is 22.0. The summed E-state index contributed by atoms with van der Waals surface area (Å²) in [5.74, 6) is 0. The number of nitrogens with one attached hydrogen (secondary N) is 1. The number of piperidine rings is 1. The first-order valence-electron chi connectivity index (χ1n) is 11.1. The first kappa shape index (κ1) is 21.2. The Morgan fingerprint density at radius 3 is 2.32 bits per heavy atom. The Bertz CT molecular complexity index is 948. The van der Waals surface area contributed by atoms with Gasteiger partial charge in [-0.1, -0.05) is 35.9 Å². The SMILES string of the molecule is Cc1ccc(CN2CCN(C3CCN(C(=O)Nc4ccc(C)c(C)c4)CC3)C2=O)cc1. The summed E-state index contributed by atoms with van der Waals surface area (Å²) in [6.07, 6.45) is 1.65. The quantitative estimate of drug-likeness (QED) is 0.789. The number of rotatable bonds is 4. The topological polar surface area (TPSA) is 55.9 Å². The van der Waals surface area contributed by atoms with Crippen LogP contribution in [-0.2, 0) is 6.54 Å². The van der Waals surface area contributed by atoms with Crippen LogP contribution >= 0.6 is 0 Å². The van der Waals surface area contributed by atoms with Gasteiger partial charge in [-0.2, -0.15) is 0 Å². The van der Waals surface area contributed by atoms with Gasteiger partial charge in [-0.15, -0.1) is 0 Å². The van der Waals surface area contributed by atoms with Crippen LogP contribution in [0.5, 0.6) is 0 Å². The van der Waals surface area contributed by atoms with Crippen molar-refractivity contribution >= 4 is 17.7 Å². The molecule has 6 nitrogen and oxygen atoms in total. The summed E-state index contributed by atoms with van der Waals surface area (Å²) in [5.41, 5.74) is 5.60. The third-order valence-corrected chi connectivity index (χ3v) is 6.57. The Morgan fingerprint density at radius 2 is 1.65 bits per heavy atom. The van der Waals surface area contributed by atoms with Crippen molar-refractivity contribution in [2.45, 2.75) is 46.2 Å². The van der Waals surface area contributed by atoms with Gasteiger partial charge in [-0.25, -0.2) is 9.59 Å². The Balaban J connectivity index is 1.28. The molecule has 4 rings (SSSR count). The summed E-state index contributed by atoms with van der Waals surface area (Å²) in [5, 5.41) is 3.01. The van der Waals surface area contributed by atoms with Crippen LogP contribution in [0.3, 0.4) is 0 Å². The minimum Gasteiger partial charge on any atom is -0.324 e. The number of urea groups is 2. The number of nitrogens with zero attached hydrogens (tertiary/aromatic N) is 3. The lowest BCUT2D eigenvalue weighted by Crippen LogP contribution is -2.49. The van der Waals surface area contributed by atoms with Crippen molar-refractivity contribution in [3.05, 3.63) is 64.7 Å². The summed E-state index contributed by atoms with van der Waals surface area (Å²) in [7, 11) is 0. The molecule has 0 aromatic heterocycles. The van der Waals surface area contributed by atoms with E-state index in [-0.39, 0.29) is 18.1 Å². The molecule has 6 heteroatoms. The second-order valence-electron chi connectivity index (χ2n) is 8.83. The second-order valence-corrected chi connectivity index (χ2v) is 8.83. The molecule has 31 heavy (non-hydrogen) atoms. The van der Waals surface area contributed by atoms with E-state index < -0.39 is 0 Å². The molecule has 2 aromatic rings. The van der Waals surface area contributed by atoms with Crippen molar-refractivity contribution in [3.8, 4) is 0 Å². The van der Waals surface area contributed by atoms with E-state index in [4.69, 9.17) is 0 Å². The highest BCUT2D eigenvalue weighted by Crippen LogP contribution is 2.23. The lowest BCUT2D eigenvalue weighted by Gasteiger charge is -2.36. The van der Waals surface area contributed by atoms with Gasteiger partial charge in [0.15, 0.2) is 0 Å². The molecule has 2 heterocycles. The third-order valence-electron chi connectivity index (χ3n) is 6.57. The minimum atomic E-state index is -0.0598. The third kappa shape index (κ3) is 4.84. The zero-order valence-corrected chi connectivity index (χ0v) is 18.7. The Morgan fingerprint density at radius 1 is 0.935 bits per heavy atom. The van der Waals surface area contributed by atoms with E-state index in [1.165, 1.54) is 22.3 Å². The number of aryl methyl sites for hydroxylation is 3.